The average molecular weight is 303 g/mol. The van der Waals surface area contributed by atoms with Crippen molar-refractivity contribution in [2.24, 2.45) is 5.92 Å². The minimum absolute atomic E-state index is 0.0116. The smallest absolute Gasteiger partial charge is 0.255 e. The van der Waals surface area contributed by atoms with Crippen LogP contribution in [-0.2, 0) is 0 Å². The molecular formula is C17H25N3O2. The van der Waals surface area contributed by atoms with Crippen molar-refractivity contribution in [3.63, 3.8) is 0 Å². The number of aromatic nitrogens is 1. The van der Waals surface area contributed by atoms with Gasteiger partial charge in [0.25, 0.3) is 5.91 Å². The molecule has 5 nitrogen and oxygen atoms in total. The maximum Gasteiger partial charge on any atom is 0.255 e. The van der Waals surface area contributed by atoms with Crippen LogP contribution in [0.1, 0.15) is 48.9 Å². The van der Waals surface area contributed by atoms with Crippen molar-refractivity contribution in [3.05, 3.63) is 23.9 Å². The molecule has 0 spiro atoms. The summed E-state index contributed by atoms with van der Waals surface area (Å²) in [5.41, 5.74) is 0.689. The van der Waals surface area contributed by atoms with Crippen molar-refractivity contribution in [1.29, 1.82) is 0 Å². The molecule has 5 heteroatoms. The summed E-state index contributed by atoms with van der Waals surface area (Å²) in [5.74, 6) is 1.22. The third kappa shape index (κ3) is 3.40. The largest absolute Gasteiger partial charge is 0.396 e. The van der Waals surface area contributed by atoms with Gasteiger partial charge in [-0.3, -0.25) is 4.79 Å². The molecule has 3 rings (SSSR count). The van der Waals surface area contributed by atoms with E-state index < -0.39 is 0 Å². The van der Waals surface area contributed by atoms with Gasteiger partial charge in [0.2, 0.25) is 0 Å². The summed E-state index contributed by atoms with van der Waals surface area (Å²) in [6.45, 7) is 2.24. The van der Waals surface area contributed by atoms with Gasteiger partial charge in [-0.1, -0.05) is 0 Å². The molecule has 0 radical (unpaired) electrons. The summed E-state index contributed by atoms with van der Waals surface area (Å²) < 4.78 is 0. The SMILES string of the molecule is O=C(NC1CCC(CO)CC1)c1cccnc1N1CCCC1. The molecule has 120 valence electrons. The Morgan fingerprint density at radius 2 is 2.00 bits per heavy atom. The van der Waals surface area contributed by atoms with E-state index in [1.165, 1.54) is 12.8 Å². The standard InChI is InChI=1S/C17H25N3O2/c21-12-13-5-7-14(8-6-13)19-17(22)15-4-3-9-18-16(15)20-10-1-2-11-20/h3-4,9,13-14,21H,1-2,5-8,10-12H2,(H,19,22). The Hall–Kier alpha value is -1.62. The van der Waals surface area contributed by atoms with Gasteiger partial charge in [-0.25, -0.2) is 4.98 Å². The Balaban J connectivity index is 1.65. The lowest BCUT2D eigenvalue weighted by Crippen LogP contribution is -2.39. The molecule has 2 aliphatic rings. The fraction of sp³-hybridized carbons (Fsp3) is 0.647. The van der Waals surface area contributed by atoms with Gasteiger partial charge in [-0.05, 0) is 56.6 Å². The third-order valence-corrected chi connectivity index (χ3v) is 4.88. The Kier molecular flexibility index (Phi) is 4.93. The number of pyridine rings is 1. The fourth-order valence-electron chi connectivity index (χ4n) is 3.51. The van der Waals surface area contributed by atoms with Gasteiger partial charge in [0.1, 0.15) is 5.82 Å². The molecule has 1 saturated carbocycles. The number of hydrogen-bond donors (Lipinski definition) is 2. The van der Waals surface area contributed by atoms with Crippen molar-refractivity contribution in [3.8, 4) is 0 Å². The predicted octanol–water partition coefficient (Wildman–Crippen LogP) is 1.96. The van der Waals surface area contributed by atoms with Crippen molar-refractivity contribution in [1.82, 2.24) is 10.3 Å². The Labute approximate surface area is 131 Å². The van der Waals surface area contributed by atoms with Crippen LogP contribution in [0.25, 0.3) is 0 Å². The van der Waals surface area contributed by atoms with Crippen LogP contribution in [0.15, 0.2) is 18.3 Å². The van der Waals surface area contributed by atoms with Crippen LogP contribution in [0, 0.1) is 5.92 Å². The van der Waals surface area contributed by atoms with Gasteiger partial charge in [0.05, 0.1) is 5.56 Å². The summed E-state index contributed by atoms with van der Waals surface area (Å²) in [6, 6.07) is 3.92. The molecule has 1 aliphatic heterocycles. The number of rotatable bonds is 4. The normalized spacial score (nSPS) is 25.2. The molecule has 0 atom stereocenters. The van der Waals surface area contributed by atoms with Crippen molar-refractivity contribution in [2.45, 2.75) is 44.6 Å². The molecule has 0 aromatic carbocycles. The molecule has 2 heterocycles. The van der Waals surface area contributed by atoms with Crippen LogP contribution in [0.4, 0.5) is 5.82 Å². The van der Waals surface area contributed by atoms with E-state index in [0.717, 1.165) is 44.6 Å². The van der Waals surface area contributed by atoms with E-state index in [9.17, 15) is 9.90 Å². The number of nitrogens with one attached hydrogen (secondary N) is 1. The maximum absolute atomic E-state index is 12.6. The second kappa shape index (κ2) is 7.09. The van der Waals surface area contributed by atoms with Crippen molar-refractivity contribution >= 4 is 11.7 Å². The van der Waals surface area contributed by atoms with Crippen LogP contribution in [0.2, 0.25) is 0 Å². The van der Waals surface area contributed by atoms with Gasteiger partial charge >= 0.3 is 0 Å². The summed E-state index contributed by atoms with van der Waals surface area (Å²) in [5, 5.41) is 12.4. The highest BCUT2D eigenvalue weighted by molar-refractivity contribution is 5.99. The van der Waals surface area contributed by atoms with E-state index in [1.807, 2.05) is 12.1 Å². The molecule has 1 aliphatic carbocycles. The second-order valence-electron chi connectivity index (χ2n) is 6.44. The molecule has 0 unspecified atom stereocenters. The first-order valence-electron chi connectivity index (χ1n) is 8.39. The predicted molar refractivity (Wildman–Crippen MR) is 86.0 cm³/mol. The van der Waals surface area contributed by atoms with Crippen molar-refractivity contribution in [2.75, 3.05) is 24.6 Å². The number of carbonyl (C=O) groups is 1. The first kappa shape index (κ1) is 15.3. The van der Waals surface area contributed by atoms with Gasteiger partial charge in [-0.2, -0.15) is 0 Å². The maximum atomic E-state index is 12.6. The second-order valence-corrected chi connectivity index (χ2v) is 6.44. The zero-order valence-corrected chi connectivity index (χ0v) is 13.0. The highest BCUT2D eigenvalue weighted by Crippen LogP contribution is 2.25. The summed E-state index contributed by atoms with van der Waals surface area (Å²) in [7, 11) is 0. The first-order valence-corrected chi connectivity index (χ1v) is 8.39. The molecule has 2 fully saturated rings. The minimum Gasteiger partial charge on any atom is -0.396 e. The number of hydrogen-bond acceptors (Lipinski definition) is 4. The molecule has 1 aromatic rings. The fourth-order valence-corrected chi connectivity index (χ4v) is 3.51. The number of aliphatic hydroxyl groups excluding tert-OH is 1. The minimum atomic E-state index is -0.0116. The Bertz CT molecular complexity index is 506. The van der Waals surface area contributed by atoms with E-state index >= 15 is 0 Å². The number of anilines is 1. The van der Waals surface area contributed by atoms with Crippen LogP contribution in [-0.4, -0.2) is 41.7 Å². The topological polar surface area (TPSA) is 65.5 Å². The van der Waals surface area contributed by atoms with E-state index in [0.29, 0.717) is 11.5 Å². The number of carbonyl (C=O) groups excluding carboxylic acids is 1. The highest BCUT2D eigenvalue weighted by atomic mass is 16.3. The summed E-state index contributed by atoms with van der Waals surface area (Å²) >= 11 is 0. The van der Waals surface area contributed by atoms with E-state index in [4.69, 9.17) is 0 Å². The van der Waals surface area contributed by atoms with Crippen LogP contribution in [0.5, 0.6) is 0 Å². The van der Waals surface area contributed by atoms with Crippen LogP contribution >= 0.6 is 0 Å². The first-order chi connectivity index (χ1) is 10.8. The summed E-state index contributed by atoms with van der Waals surface area (Å²) in [6.07, 6.45) is 8.00. The highest BCUT2D eigenvalue weighted by Gasteiger charge is 2.25. The van der Waals surface area contributed by atoms with Crippen molar-refractivity contribution < 1.29 is 9.90 Å². The van der Waals surface area contributed by atoms with Gasteiger partial charge < -0.3 is 15.3 Å². The molecule has 2 N–H and O–H groups in total. The average Bonchev–Trinajstić information content (AvgIpc) is 3.10. The molecule has 1 aromatic heterocycles. The monoisotopic (exact) mass is 303 g/mol. The molecular weight excluding hydrogens is 278 g/mol. The van der Waals surface area contributed by atoms with E-state index in [1.54, 1.807) is 6.20 Å². The lowest BCUT2D eigenvalue weighted by atomic mass is 9.86. The van der Waals surface area contributed by atoms with Crippen LogP contribution < -0.4 is 10.2 Å². The molecule has 1 saturated heterocycles. The van der Waals surface area contributed by atoms with E-state index in [-0.39, 0.29) is 18.6 Å². The number of amides is 1. The lowest BCUT2D eigenvalue weighted by Gasteiger charge is -2.28. The van der Waals surface area contributed by atoms with Gasteiger partial charge in [0.15, 0.2) is 0 Å². The van der Waals surface area contributed by atoms with Gasteiger partial charge in [-0.15, -0.1) is 0 Å². The Morgan fingerprint density at radius 1 is 1.27 bits per heavy atom. The molecule has 22 heavy (non-hydrogen) atoms. The molecule has 1 amide bonds. The number of aliphatic hydroxyl groups is 1. The number of nitrogens with zero attached hydrogens (tertiary/aromatic N) is 2. The zero-order chi connectivity index (χ0) is 15.4. The summed E-state index contributed by atoms with van der Waals surface area (Å²) in [4.78, 5) is 19.3. The molecule has 0 bridgehead atoms. The lowest BCUT2D eigenvalue weighted by molar-refractivity contribution is 0.0914. The zero-order valence-electron chi connectivity index (χ0n) is 13.0. The van der Waals surface area contributed by atoms with Gasteiger partial charge in [0, 0.05) is 31.9 Å². The Morgan fingerprint density at radius 3 is 2.68 bits per heavy atom. The van der Waals surface area contributed by atoms with E-state index in [2.05, 4.69) is 15.2 Å². The van der Waals surface area contributed by atoms with Crippen LogP contribution in [0.3, 0.4) is 0 Å². The third-order valence-electron chi connectivity index (χ3n) is 4.88. The quantitative estimate of drug-likeness (QED) is 0.892.